The number of nitrogen functional groups attached to an aromatic ring is 1. The molecule has 1 saturated carbocycles. The van der Waals surface area contributed by atoms with Gasteiger partial charge in [-0.15, -0.1) is 0 Å². The van der Waals surface area contributed by atoms with E-state index in [2.05, 4.69) is 32.0 Å². The van der Waals surface area contributed by atoms with Crippen molar-refractivity contribution in [2.75, 3.05) is 48.7 Å². The minimum Gasteiger partial charge on any atom is -0.393 e. The lowest BCUT2D eigenvalue weighted by atomic mass is 9.95. The zero-order valence-electron chi connectivity index (χ0n) is 13.6. The molecule has 0 bridgehead atoms. The fourth-order valence-corrected chi connectivity index (χ4v) is 3.47. The molecule has 0 unspecified atom stereocenters. The molecule has 6 nitrogen and oxygen atoms in total. The summed E-state index contributed by atoms with van der Waals surface area (Å²) >= 11 is 0. The van der Waals surface area contributed by atoms with Crippen molar-refractivity contribution in [3.63, 3.8) is 0 Å². The molecule has 0 spiro atoms. The van der Waals surface area contributed by atoms with Gasteiger partial charge in [0.1, 0.15) is 12.0 Å². The van der Waals surface area contributed by atoms with Crippen LogP contribution in [-0.2, 0) is 0 Å². The van der Waals surface area contributed by atoms with Crippen molar-refractivity contribution < 1.29 is 0 Å². The van der Waals surface area contributed by atoms with Gasteiger partial charge in [0.05, 0.1) is 0 Å². The molecule has 0 atom stereocenters. The molecule has 2 fully saturated rings. The highest BCUT2D eigenvalue weighted by atomic mass is 15.3. The number of nitrogens with zero attached hydrogens (tertiary/aromatic N) is 4. The minimum atomic E-state index is 0.510. The summed E-state index contributed by atoms with van der Waals surface area (Å²) in [5.41, 5.74) is 7.06. The smallest absolute Gasteiger partial charge is 0.157 e. The van der Waals surface area contributed by atoms with Gasteiger partial charge in [0, 0.05) is 32.2 Å². The number of hydrogen-bond acceptors (Lipinski definition) is 6. The normalized spacial score (nSPS) is 21.0. The molecule has 122 valence electrons. The molecule has 1 aromatic heterocycles. The first-order valence-electron chi connectivity index (χ1n) is 8.62. The van der Waals surface area contributed by atoms with E-state index >= 15 is 0 Å². The highest BCUT2D eigenvalue weighted by Crippen LogP contribution is 2.29. The zero-order valence-corrected chi connectivity index (χ0v) is 13.6. The Balaban J connectivity index is 1.69. The first-order chi connectivity index (χ1) is 10.8. The third kappa shape index (κ3) is 3.43. The number of nitrogens with two attached hydrogens (primary N) is 1. The van der Waals surface area contributed by atoms with Crippen molar-refractivity contribution in [1.29, 1.82) is 0 Å². The van der Waals surface area contributed by atoms with E-state index in [0.29, 0.717) is 11.7 Å². The van der Waals surface area contributed by atoms with E-state index < -0.39 is 0 Å². The van der Waals surface area contributed by atoms with Gasteiger partial charge < -0.3 is 20.9 Å². The van der Waals surface area contributed by atoms with Crippen molar-refractivity contribution in [1.82, 2.24) is 14.9 Å². The molecule has 0 amide bonds. The van der Waals surface area contributed by atoms with Crippen LogP contribution in [0.3, 0.4) is 0 Å². The maximum Gasteiger partial charge on any atom is 0.157 e. The van der Waals surface area contributed by atoms with E-state index in [1.807, 2.05) is 0 Å². The summed E-state index contributed by atoms with van der Waals surface area (Å²) < 4.78 is 0. The summed E-state index contributed by atoms with van der Waals surface area (Å²) in [5.74, 6) is 1.71. The van der Waals surface area contributed by atoms with Crippen molar-refractivity contribution in [3.05, 3.63) is 6.33 Å². The first-order valence-corrected chi connectivity index (χ1v) is 8.62. The number of anilines is 3. The number of piperazine rings is 1. The molecule has 1 saturated heterocycles. The standard InChI is InChI=1S/C16H28N6/c1-2-21-8-10-22(11-9-21)16-14(17)15(18-12-19-16)20-13-6-4-3-5-7-13/h12-13H,2-11,17H2,1H3,(H,18,19,20). The Labute approximate surface area is 133 Å². The van der Waals surface area contributed by atoms with Crippen LogP contribution in [-0.4, -0.2) is 53.6 Å². The van der Waals surface area contributed by atoms with Crippen LogP contribution in [0, 0.1) is 0 Å². The quantitative estimate of drug-likeness (QED) is 0.886. The predicted molar refractivity (Wildman–Crippen MR) is 91.3 cm³/mol. The van der Waals surface area contributed by atoms with Crippen molar-refractivity contribution in [3.8, 4) is 0 Å². The molecule has 22 heavy (non-hydrogen) atoms. The lowest BCUT2D eigenvalue weighted by Crippen LogP contribution is -2.46. The van der Waals surface area contributed by atoms with Gasteiger partial charge in [-0.2, -0.15) is 0 Å². The van der Waals surface area contributed by atoms with Gasteiger partial charge in [0.2, 0.25) is 0 Å². The number of hydrogen-bond donors (Lipinski definition) is 2. The van der Waals surface area contributed by atoms with Crippen LogP contribution >= 0.6 is 0 Å². The van der Waals surface area contributed by atoms with Crippen LogP contribution in [0.2, 0.25) is 0 Å². The van der Waals surface area contributed by atoms with Crippen molar-refractivity contribution >= 4 is 17.3 Å². The average molecular weight is 304 g/mol. The summed E-state index contributed by atoms with van der Waals surface area (Å²) in [7, 11) is 0. The highest BCUT2D eigenvalue weighted by Gasteiger charge is 2.21. The van der Waals surface area contributed by atoms with E-state index in [0.717, 1.165) is 44.4 Å². The Morgan fingerprint density at radius 2 is 1.86 bits per heavy atom. The predicted octanol–water partition coefficient (Wildman–Crippen LogP) is 1.95. The Bertz CT molecular complexity index is 478. The lowest BCUT2D eigenvalue weighted by molar-refractivity contribution is 0.270. The lowest BCUT2D eigenvalue weighted by Gasteiger charge is -2.35. The molecular formula is C16H28N6. The molecule has 1 aliphatic carbocycles. The number of aromatic nitrogens is 2. The van der Waals surface area contributed by atoms with E-state index in [1.165, 1.54) is 32.1 Å². The summed E-state index contributed by atoms with van der Waals surface area (Å²) in [6, 6.07) is 0.510. The maximum atomic E-state index is 6.36. The Kier molecular flexibility index (Phi) is 4.97. The first kappa shape index (κ1) is 15.3. The van der Waals surface area contributed by atoms with Gasteiger partial charge >= 0.3 is 0 Å². The largest absolute Gasteiger partial charge is 0.393 e. The van der Waals surface area contributed by atoms with Crippen LogP contribution in [0.1, 0.15) is 39.0 Å². The number of nitrogens with one attached hydrogen (secondary N) is 1. The number of rotatable bonds is 4. The summed E-state index contributed by atoms with van der Waals surface area (Å²) in [4.78, 5) is 13.6. The van der Waals surface area contributed by atoms with Crippen LogP contribution < -0.4 is 16.0 Å². The van der Waals surface area contributed by atoms with Crippen LogP contribution in [0.4, 0.5) is 17.3 Å². The monoisotopic (exact) mass is 304 g/mol. The Morgan fingerprint density at radius 1 is 1.14 bits per heavy atom. The molecule has 1 aliphatic heterocycles. The SMILES string of the molecule is CCN1CCN(c2ncnc(NC3CCCCC3)c2N)CC1. The van der Waals surface area contributed by atoms with Gasteiger partial charge in [0.15, 0.2) is 11.6 Å². The Morgan fingerprint density at radius 3 is 2.55 bits per heavy atom. The molecular weight excluding hydrogens is 276 g/mol. The second kappa shape index (κ2) is 7.13. The molecule has 0 radical (unpaired) electrons. The van der Waals surface area contributed by atoms with E-state index in [9.17, 15) is 0 Å². The van der Waals surface area contributed by atoms with Crippen molar-refractivity contribution in [2.24, 2.45) is 0 Å². The van der Waals surface area contributed by atoms with Gasteiger partial charge in [0.25, 0.3) is 0 Å². The van der Waals surface area contributed by atoms with Crippen LogP contribution in [0.5, 0.6) is 0 Å². The maximum absolute atomic E-state index is 6.36. The highest BCUT2D eigenvalue weighted by molar-refractivity contribution is 5.75. The van der Waals surface area contributed by atoms with Crippen LogP contribution in [0.15, 0.2) is 6.33 Å². The van der Waals surface area contributed by atoms with E-state index in [-0.39, 0.29) is 0 Å². The van der Waals surface area contributed by atoms with Gasteiger partial charge in [-0.1, -0.05) is 26.2 Å². The topological polar surface area (TPSA) is 70.3 Å². The fraction of sp³-hybridized carbons (Fsp3) is 0.750. The molecule has 6 heteroatoms. The molecule has 2 heterocycles. The Hall–Kier alpha value is -1.56. The molecule has 0 aromatic carbocycles. The van der Waals surface area contributed by atoms with Gasteiger partial charge in [-0.25, -0.2) is 9.97 Å². The minimum absolute atomic E-state index is 0.510. The second-order valence-electron chi connectivity index (χ2n) is 6.36. The summed E-state index contributed by atoms with van der Waals surface area (Å²) in [6.45, 7) is 7.44. The van der Waals surface area contributed by atoms with E-state index in [4.69, 9.17) is 5.73 Å². The summed E-state index contributed by atoms with van der Waals surface area (Å²) in [6.07, 6.45) is 8.03. The molecule has 2 aliphatic rings. The zero-order chi connectivity index (χ0) is 15.4. The number of likely N-dealkylation sites (N-methyl/N-ethyl adjacent to an activating group) is 1. The van der Waals surface area contributed by atoms with E-state index in [1.54, 1.807) is 6.33 Å². The molecule has 1 aromatic rings. The molecule has 3 N–H and O–H groups in total. The van der Waals surface area contributed by atoms with Crippen LogP contribution in [0.25, 0.3) is 0 Å². The second-order valence-corrected chi connectivity index (χ2v) is 6.36. The van der Waals surface area contributed by atoms with Gasteiger partial charge in [-0.3, -0.25) is 0 Å². The van der Waals surface area contributed by atoms with Gasteiger partial charge in [-0.05, 0) is 19.4 Å². The fourth-order valence-electron chi connectivity index (χ4n) is 3.47. The van der Waals surface area contributed by atoms with Crippen molar-refractivity contribution in [2.45, 2.75) is 45.1 Å². The summed E-state index contributed by atoms with van der Waals surface area (Å²) in [5, 5.41) is 3.54. The molecule has 3 rings (SSSR count). The third-order valence-corrected chi connectivity index (χ3v) is 4.93. The average Bonchev–Trinajstić information content (AvgIpc) is 2.58. The third-order valence-electron chi connectivity index (χ3n) is 4.93.